The summed E-state index contributed by atoms with van der Waals surface area (Å²) in [5, 5.41) is 2.02. The fourth-order valence-electron chi connectivity index (χ4n) is 4.67. The number of hydrogen-bond donors (Lipinski definition) is 0. The first-order chi connectivity index (χ1) is 16.0. The molecule has 0 aliphatic carbocycles. The summed E-state index contributed by atoms with van der Waals surface area (Å²) in [5.41, 5.74) is 0. The van der Waals surface area contributed by atoms with Gasteiger partial charge in [-0.15, -0.1) is 0 Å². The third kappa shape index (κ3) is 5.19. The van der Waals surface area contributed by atoms with Crippen LogP contribution in [0.2, 0.25) is 5.04 Å². The molecule has 1 saturated heterocycles. The van der Waals surface area contributed by atoms with Gasteiger partial charge in [0, 0.05) is 12.9 Å². The molecule has 3 atom stereocenters. The summed E-state index contributed by atoms with van der Waals surface area (Å²) in [7, 11) is -1.32. The normalized spacial score (nSPS) is 18.9. The lowest BCUT2D eigenvalue weighted by Gasteiger charge is -2.46. The SMILES string of the molecule is CO[C@@H](C)[C@@H](O[Si](c1ccccc1)(c1ccccc1)C(C)(C)C)C(=O)N1C(=S)SC[C@@H]1C(C)C. The number of nitrogens with zero attached hydrogens (tertiary/aromatic N) is 1. The van der Waals surface area contributed by atoms with Crippen LogP contribution in [0.25, 0.3) is 0 Å². The van der Waals surface area contributed by atoms with Crippen molar-refractivity contribution in [1.82, 2.24) is 4.90 Å². The predicted molar refractivity (Wildman–Crippen MR) is 149 cm³/mol. The van der Waals surface area contributed by atoms with E-state index in [1.165, 1.54) is 0 Å². The van der Waals surface area contributed by atoms with Crippen LogP contribution in [0.3, 0.4) is 0 Å². The second-order valence-corrected chi connectivity index (χ2v) is 16.1. The molecule has 0 N–H and O–H groups in total. The minimum atomic E-state index is -2.95. The molecular weight excluding hydrogens is 479 g/mol. The first-order valence-corrected chi connectivity index (χ1v) is 15.2. The third-order valence-corrected chi connectivity index (χ3v) is 13.2. The Morgan fingerprint density at radius 3 is 1.94 bits per heavy atom. The van der Waals surface area contributed by atoms with Gasteiger partial charge in [-0.1, -0.05) is 119 Å². The Kier molecular flexibility index (Phi) is 8.79. The molecule has 0 aromatic heterocycles. The first kappa shape index (κ1) is 27.1. The molecule has 184 valence electrons. The lowest BCUT2D eigenvalue weighted by atomic mass is 10.0. The molecular formula is C27H37NO3S2Si. The summed E-state index contributed by atoms with van der Waals surface area (Å²) in [6.07, 6.45) is -1.22. The Labute approximate surface area is 215 Å². The Bertz CT molecular complexity index is 939. The maximum Gasteiger partial charge on any atom is 0.262 e. The van der Waals surface area contributed by atoms with Crippen molar-refractivity contribution in [2.24, 2.45) is 5.92 Å². The molecule has 34 heavy (non-hydrogen) atoms. The van der Waals surface area contributed by atoms with Crippen LogP contribution in [0, 0.1) is 5.92 Å². The van der Waals surface area contributed by atoms with Crippen molar-refractivity contribution in [3.63, 3.8) is 0 Å². The maximum absolute atomic E-state index is 14.2. The highest BCUT2D eigenvalue weighted by Crippen LogP contribution is 2.39. The van der Waals surface area contributed by atoms with E-state index in [1.54, 1.807) is 23.8 Å². The number of carbonyl (C=O) groups is 1. The van der Waals surface area contributed by atoms with Crippen LogP contribution in [-0.2, 0) is 14.0 Å². The second-order valence-electron chi connectivity index (χ2n) is 10.2. The highest BCUT2D eigenvalue weighted by Gasteiger charge is 2.54. The van der Waals surface area contributed by atoms with Gasteiger partial charge < -0.3 is 9.16 Å². The van der Waals surface area contributed by atoms with Gasteiger partial charge in [-0.3, -0.25) is 9.69 Å². The number of methoxy groups -OCH3 is 1. The number of ether oxygens (including phenoxy) is 1. The summed E-state index contributed by atoms with van der Waals surface area (Å²) in [6.45, 7) is 12.8. The van der Waals surface area contributed by atoms with Crippen molar-refractivity contribution in [1.29, 1.82) is 0 Å². The van der Waals surface area contributed by atoms with E-state index < -0.39 is 20.5 Å². The van der Waals surface area contributed by atoms with Gasteiger partial charge in [0.2, 0.25) is 0 Å². The van der Waals surface area contributed by atoms with Crippen molar-refractivity contribution < 1.29 is 14.0 Å². The van der Waals surface area contributed by atoms with E-state index >= 15 is 0 Å². The van der Waals surface area contributed by atoms with E-state index in [-0.39, 0.29) is 17.0 Å². The van der Waals surface area contributed by atoms with Gasteiger partial charge in [0.05, 0.1) is 12.1 Å². The maximum atomic E-state index is 14.2. The van der Waals surface area contributed by atoms with Crippen LogP contribution in [0.4, 0.5) is 0 Å². The quantitative estimate of drug-likeness (QED) is 0.371. The molecule has 1 fully saturated rings. The Hall–Kier alpha value is -1.51. The average Bonchev–Trinajstić information content (AvgIpc) is 3.21. The summed E-state index contributed by atoms with van der Waals surface area (Å²) in [4.78, 5) is 16.0. The number of amides is 1. The molecule has 0 saturated carbocycles. The molecule has 1 heterocycles. The average molecular weight is 516 g/mol. The van der Waals surface area contributed by atoms with Gasteiger partial charge in [-0.25, -0.2) is 0 Å². The monoisotopic (exact) mass is 515 g/mol. The smallest absolute Gasteiger partial charge is 0.262 e. The van der Waals surface area contributed by atoms with Gasteiger partial charge in [0.25, 0.3) is 14.2 Å². The van der Waals surface area contributed by atoms with E-state index in [0.717, 1.165) is 16.1 Å². The zero-order valence-electron chi connectivity index (χ0n) is 21.3. The van der Waals surface area contributed by atoms with Crippen molar-refractivity contribution >= 4 is 52.9 Å². The van der Waals surface area contributed by atoms with Crippen LogP contribution < -0.4 is 10.4 Å². The van der Waals surface area contributed by atoms with Crippen LogP contribution in [0.5, 0.6) is 0 Å². The topological polar surface area (TPSA) is 38.8 Å². The lowest BCUT2D eigenvalue weighted by molar-refractivity contribution is -0.142. The van der Waals surface area contributed by atoms with Gasteiger partial charge in [0.15, 0.2) is 6.10 Å². The molecule has 0 radical (unpaired) electrons. The minimum Gasteiger partial charge on any atom is -0.393 e. The number of benzene rings is 2. The third-order valence-electron chi connectivity index (χ3n) is 6.67. The molecule has 2 aromatic carbocycles. The van der Waals surface area contributed by atoms with Crippen molar-refractivity contribution in [2.45, 2.75) is 64.8 Å². The van der Waals surface area contributed by atoms with Gasteiger partial charge in [-0.2, -0.15) is 0 Å². The van der Waals surface area contributed by atoms with E-state index in [4.69, 9.17) is 21.4 Å². The zero-order valence-corrected chi connectivity index (χ0v) is 23.9. The van der Waals surface area contributed by atoms with Crippen molar-refractivity contribution in [2.75, 3.05) is 12.9 Å². The zero-order chi connectivity index (χ0) is 25.1. The summed E-state index contributed by atoms with van der Waals surface area (Å²) < 4.78 is 13.6. The van der Waals surface area contributed by atoms with Crippen molar-refractivity contribution in [3.05, 3.63) is 60.7 Å². The Balaban J connectivity index is 2.19. The summed E-state index contributed by atoms with van der Waals surface area (Å²) in [6, 6.07) is 20.8. The standard InChI is InChI=1S/C27H37NO3S2Si/c1-19(2)23-18-33-26(32)28(23)25(29)24(20(3)30-7)31-34(27(4,5)6,21-14-10-8-11-15-21)22-16-12-9-13-17-22/h8-17,19-20,23-24H,18H2,1-7H3/t20-,23+,24+/m0/s1. The summed E-state index contributed by atoms with van der Waals surface area (Å²) in [5.74, 6) is 1.01. The highest BCUT2D eigenvalue weighted by atomic mass is 32.2. The first-order valence-electron chi connectivity index (χ1n) is 11.9. The lowest BCUT2D eigenvalue weighted by Crippen LogP contribution is -2.70. The van der Waals surface area contributed by atoms with E-state index in [9.17, 15) is 4.79 Å². The molecule has 4 nitrogen and oxygen atoms in total. The molecule has 1 aliphatic heterocycles. The van der Waals surface area contributed by atoms with Gasteiger partial charge in [0.1, 0.15) is 4.32 Å². The number of hydrogen-bond acceptors (Lipinski definition) is 5. The Morgan fingerprint density at radius 1 is 1.03 bits per heavy atom. The number of thiocarbonyl (C=S) groups is 1. The molecule has 3 rings (SSSR count). The minimum absolute atomic E-state index is 0.0549. The Morgan fingerprint density at radius 2 is 1.53 bits per heavy atom. The van der Waals surface area contributed by atoms with Gasteiger partial charge in [-0.05, 0) is 28.3 Å². The molecule has 2 aromatic rings. The molecule has 0 unspecified atom stereocenters. The number of carbonyl (C=O) groups excluding carboxylic acids is 1. The number of thioether (sulfide) groups is 1. The van der Waals surface area contributed by atoms with E-state index in [0.29, 0.717) is 10.2 Å². The van der Waals surface area contributed by atoms with E-state index in [2.05, 4.69) is 58.9 Å². The van der Waals surface area contributed by atoms with Gasteiger partial charge >= 0.3 is 0 Å². The fraction of sp³-hybridized carbons (Fsp3) is 0.481. The van der Waals surface area contributed by atoms with Crippen LogP contribution >= 0.6 is 24.0 Å². The van der Waals surface area contributed by atoms with Crippen LogP contribution in [-0.4, -0.2) is 54.6 Å². The molecule has 0 spiro atoms. The largest absolute Gasteiger partial charge is 0.393 e. The summed E-state index contributed by atoms with van der Waals surface area (Å²) >= 11 is 7.21. The van der Waals surface area contributed by atoms with Crippen LogP contribution in [0.15, 0.2) is 60.7 Å². The molecule has 7 heteroatoms. The van der Waals surface area contributed by atoms with E-state index in [1.807, 2.05) is 43.3 Å². The van der Waals surface area contributed by atoms with Crippen LogP contribution in [0.1, 0.15) is 41.5 Å². The van der Waals surface area contributed by atoms with Crippen molar-refractivity contribution in [3.8, 4) is 0 Å². The number of rotatable bonds is 8. The molecule has 1 aliphatic rings. The fourth-order valence-corrected chi connectivity index (χ4v) is 11.0. The predicted octanol–water partition coefficient (Wildman–Crippen LogP) is 4.85. The molecule has 1 amide bonds. The second kappa shape index (κ2) is 11.0. The molecule has 0 bridgehead atoms. The highest BCUT2D eigenvalue weighted by molar-refractivity contribution is 8.23.